The molecule has 2 aliphatic carbocycles. The molecule has 0 saturated heterocycles. The SMILES string of the molecule is Cc1ccc(C(=O)NC2CC2)cc1-c1ccc2c(=O)n(CC3CC3)cc(C(=O)O)c2c1. The maximum atomic E-state index is 13.0. The van der Waals surface area contributed by atoms with E-state index in [2.05, 4.69) is 5.32 Å². The van der Waals surface area contributed by atoms with Crippen molar-refractivity contribution in [2.24, 2.45) is 5.92 Å². The Kier molecular flexibility index (Phi) is 4.65. The molecular weight excluding hydrogens is 392 g/mol. The Labute approximate surface area is 179 Å². The second-order valence-electron chi connectivity index (χ2n) is 8.79. The Morgan fingerprint density at radius 2 is 1.84 bits per heavy atom. The van der Waals surface area contributed by atoms with Crippen molar-refractivity contribution >= 4 is 22.6 Å². The first-order valence-corrected chi connectivity index (χ1v) is 10.7. The summed E-state index contributed by atoms with van der Waals surface area (Å²) in [7, 11) is 0. The van der Waals surface area contributed by atoms with Gasteiger partial charge in [-0.25, -0.2) is 4.79 Å². The van der Waals surface area contributed by atoms with Gasteiger partial charge in [0.2, 0.25) is 0 Å². The van der Waals surface area contributed by atoms with E-state index in [1.54, 1.807) is 18.2 Å². The molecule has 1 amide bonds. The molecule has 3 aromatic rings. The van der Waals surface area contributed by atoms with Gasteiger partial charge in [-0.1, -0.05) is 12.1 Å². The summed E-state index contributed by atoms with van der Waals surface area (Å²) in [6.45, 7) is 2.52. The fourth-order valence-corrected chi connectivity index (χ4v) is 4.02. The largest absolute Gasteiger partial charge is 0.478 e. The molecule has 0 spiro atoms. The highest BCUT2D eigenvalue weighted by atomic mass is 16.4. The summed E-state index contributed by atoms with van der Waals surface area (Å²) in [6, 6.07) is 11.1. The summed E-state index contributed by atoms with van der Waals surface area (Å²) in [5.74, 6) is -0.692. The Bertz CT molecular complexity index is 1280. The average molecular weight is 416 g/mol. The number of hydrogen-bond donors (Lipinski definition) is 2. The molecule has 2 aliphatic rings. The summed E-state index contributed by atoms with van der Waals surface area (Å²) in [5.41, 5.74) is 3.15. The van der Waals surface area contributed by atoms with E-state index in [-0.39, 0.29) is 23.1 Å². The Hall–Kier alpha value is -3.41. The van der Waals surface area contributed by atoms with Gasteiger partial charge in [0.15, 0.2) is 0 Å². The second kappa shape index (κ2) is 7.38. The molecule has 1 aromatic heterocycles. The first-order chi connectivity index (χ1) is 14.9. The zero-order valence-corrected chi connectivity index (χ0v) is 17.4. The lowest BCUT2D eigenvalue weighted by Gasteiger charge is -2.13. The van der Waals surface area contributed by atoms with Crippen LogP contribution in [0.1, 0.15) is 52.0 Å². The van der Waals surface area contributed by atoms with Crippen molar-refractivity contribution in [1.29, 1.82) is 0 Å². The number of carbonyl (C=O) groups is 2. The van der Waals surface area contributed by atoms with Crippen LogP contribution in [0.15, 0.2) is 47.4 Å². The van der Waals surface area contributed by atoms with Crippen LogP contribution in [-0.2, 0) is 6.54 Å². The smallest absolute Gasteiger partial charge is 0.337 e. The monoisotopic (exact) mass is 416 g/mol. The third kappa shape index (κ3) is 3.85. The van der Waals surface area contributed by atoms with Crippen LogP contribution in [0.5, 0.6) is 0 Å². The lowest BCUT2D eigenvalue weighted by atomic mass is 9.95. The number of aromatic nitrogens is 1. The minimum Gasteiger partial charge on any atom is -0.478 e. The van der Waals surface area contributed by atoms with Gasteiger partial charge in [-0.3, -0.25) is 9.59 Å². The lowest BCUT2D eigenvalue weighted by molar-refractivity contribution is 0.0697. The van der Waals surface area contributed by atoms with Gasteiger partial charge >= 0.3 is 5.97 Å². The average Bonchev–Trinajstić information content (AvgIpc) is 3.66. The van der Waals surface area contributed by atoms with Crippen molar-refractivity contribution in [3.63, 3.8) is 0 Å². The summed E-state index contributed by atoms with van der Waals surface area (Å²) in [6.07, 6.45) is 5.67. The number of carboxylic acid groups (broad SMARTS) is 1. The predicted molar refractivity (Wildman–Crippen MR) is 119 cm³/mol. The van der Waals surface area contributed by atoms with Crippen LogP contribution in [0.4, 0.5) is 0 Å². The zero-order valence-electron chi connectivity index (χ0n) is 17.4. The van der Waals surface area contributed by atoms with Crippen molar-refractivity contribution in [1.82, 2.24) is 9.88 Å². The van der Waals surface area contributed by atoms with E-state index in [0.29, 0.717) is 28.8 Å². The maximum Gasteiger partial charge on any atom is 0.337 e. The van der Waals surface area contributed by atoms with Crippen LogP contribution < -0.4 is 10.9 Å². The number of aromatic carboxylic acids is 1. The molecule has 31 heavy (non-hydrogen) atoms. The molecule has 0 radical (unpaired) electrons. The highest BCUT2D eigenvalue weighted by Crippen LogP contribution is 2.32. The van der Waals surface area contributed by atoms with E-state index in [1.807, 2.05) is 25.1 Å². The predicted octanol–water partition coefficient (Wildman–Crippen LogP) is 3.98. The third-order valence-corrected chi connectivity index (χ3v) is 6.19. The van der Waals surface area contributed by atoms with Crippen LogP contribution in [0.25, 0.3) is 21.9 Å². The van der Waals surface area contributed by atoms with Crippen LogP contribution in [0, 0.1) is 12.8 Å². The van der Waals surface area contributed by atoms with Gasteiger partial charge in [0.25, 0.3) is 11.5 Å². The molecule has 1 heterocycles. The van der Waals surface area contributed by atoms with E-state index in [1.165, 1.54) is 10.8 Å². The second-order valence-corrected chi connectivity index (χ2v) is 8.79. The number of fused-ring (bicyclic) bond motifs is 1. The summed E-state index contributed by atoms with van der Waals surface area (Å²) >= 11 is 0. The molecule has 6 nitrogen and oxygen atoms in total. The normalized spacial score (nSPS) is 15.8. The molecule has 2 N–H and O–H groups in total. The number of amides is 1. The fraction of sp³-hybridized carbons (Fsp3) is 0.320. The van der Waals surface area contributed by atoms with Crippen molar-refractivity contribution in [3.8, 4) is 11.1 Å². The molecule has 2 saturated carbocycles. The van der Waals surface area contributed by atoms with E-state index in [0.717, 1.165) is 42.4 Å². The molecule has 0 atom stereocenters. The van der Waals surface area contributed by atoms with Crippen LogP contribution in [0.3, 0.4) is 0 Å². The summed E-state index contributed by atoms with van der Waals surface area (Å²) in [5, 5.41) is 13.6. The highest BCUT2D eigenvalue weighted by molar-refractivity contribution is 6.04. The minimum atomic E-state index is -1.05. The number of pyridine rings is 1. The van der Waals surface area contributed by atoms with E-state index < -0.39 is 5.97 Å². The molecule has 0 bridgehead atoms. The van der Waals surface area contributed by atoms with Gasteiger partial charge in [0, 0.05) is 35.1 Å². The Morgan fingerprint density at radius 1 is 1.06 bits per heavy atom. The van der Waals surface area contributed by atoms with Crippen molar-refractivity contribution < 1.29 is 14.7 Å². The number of nitrogens with zero attached hydrogens (tertiary/aromatic N) is 1. The number of nitrogens with one attached hydrogen (secondary N) is 1. The van der Waals surface area contributed by atoms with Crippen molar-refractivity contribution in [2.75, 3.05) is 0 Å². The molecule has 2 fully saturated rings. The third-order valence-electron chi connectivity index (χ3n) is 6.19. The van der Waals surface area contributed by atoms with Gasteiger partial charge in [-0.2, -0.15) is 0 Å². The number of hydrogen-bond acceptors (Lipinski definition) is 3. The first-order valence-electron chi connectivity index (χ1n) is 10.7. The van der Waals surface area contributed by atoms with Gasteiger partial charge in [0.1, 0.15) is 0 Å². The number of aryl methyl sites for hydroxylation is 1. The standard InChI is InChI=1S/C25H24N2O4/c1-14-2-5-17(23(28)26-18-7-8-18)11-20(14)16-6-9-19-21(10-16)22(25(30)31)13-27(24(19)29)12-15-3-4-15/h2,5-6,9-11,13,15,18H,3-4,7-8,12H2,1H3,(H,26,28)(H,30,31). The number of carbonyl (C=O) groups excluding carboxylic acids is 1. The van der Waals surface area contributed by atoms with Gasteiger partial charge in [-0.15, -0.1) is 0 Å². The molecule has 0 aliphatic heterocycles. The minimum absolute atomic E-state index is 0.0984. The number of benzene rings is 2. The number of rotatable bonds is 6. The molecule has 158 valence electrons. The summed E-state index contributed by atoms with van der Waals surface area (Å²) in [4.78, 5) is 37.4. The molecule has 2 aromatic carbocycles. The van der Waals surface area contributed by atoms with Gasteiger partial charge in [-0.05, 0) is 79.5 Å². The fourth-order valence-electron chi connectivity index (χ4n) is 4.02. The van der Waals surface area contributed by atoms with Crippen molar-refractivity contribution in [2.45, 2.75) is 45.2 Å². The topological polar surface area (TPSA) is 88.4 Å². The Balaban J connectivity index is 1.61. The van der Waals surface area contributed by atoms with Gasteiger partial charge < -0.3 is 15.0 Å². The molecule has 6 heteroatoms. The molecule has 0 unspecified atom stereocenters. The van der Waals surface area contributed by atoms with E-state index in [9.17, 15) is 19.5 Å². The Morgan fingerprint density at radius 3 is 2.52 bits per heavy atom. The van der Waals surface area contributed by atoms with E-state index in [4.69, 9.17) is 0 Å². The summed E-state index contributed by atoms with van der Waals surface area (Å²) < 4.78 is 1.54. The number of carboxylic acids is 1. The first kappa shape index (κ1) is 19.5. The van der Waals surface area contributed by atoms with Crippen molar-refractivity contribution in [3.05, 3.63) is 69.6 Å². The molecular formula is C25H24N2O4. The van der Waals surface area contributed by atoms with E-state index >= 15 is 0 Å². The van der Waals surface area contributed by atoms with Crippen LogP contribution in [0.2, 0.25) is 0 Å². The van der Waals surface area contributed by atoms with Crippen LogP contribution >= 0.6 is 0 Å². The maximum absolute atomic E-state index is 13.0. The highest BCUT2D eigenvalue weighted by Gasteiger charge is 2.25. The zero-order chi connectivity index (χ0) is 21.7. The quantitative estimate of drug-likeness (QED) is 0.636. The van der Waals surface area contributed by atoms with Gasteiger partial charge in [0.05, 0.1) is 5.56 Å². The van der Waals surface area contributed by atoms with Crippen LogP contribution in [-0.4, -0.2) is 27.6 Å². The lowest BCUT2D eigenvalue weighted by Crippen LogP contribution is -2.25. The molecule has 5 rings (SSSR count).